The largest absolute Gasteiger partial charge is 0.472 e. The van der Waals surface area contributed by atoms with E-state index >= 15 is 0 Å². The topological polar surface area (TPSA) is 210 Å². The highest BCUT2D eigenvalue weighted by Gasteiger charge is 2.51. The van der Waals surface area contributed by atoms with Crippen LogP contribution in [0.25, 0.3) is 0 Å². The highest BCUT2D eigenvalue weighted by molar-refractivity contribution is 7.47. The summed E-state index contributed by atoms with van der Waals surface area (Å²) in [7, 11) is -5.13. The standard InChI is InChI=1S/C49H85O13P/c1-3-5-7-9-11-13-15-17-19-21-23-25-27-29-31-33-35-37-42(50)59-39-41(40-60-63(57,58)62-49-47(55)45(53)44(52)46(54)48(49)56)61-43(51)38-36-34-32-30-28-26-24-22-20-18-16-14-12-10-8-6-4-2/h11,13,17-20,23,25,29,31,41,44-49,52-56H,3-10,12,14-16,21-22,24,26-28,30,32-40H2,1-2H3,(H,57,58)/b13-11-,19-17-,20-18-,25-23-,31-29-/t41-,44?,45-,46?,47?,48?,49?/m1/s1. The SMILES string of the molecule is CCCCC/C=C\C/C=C\C/C=C\C/C=C\CCCC(=O)OC[C@H](COP(=O)(O)OC1C(O)C(O)C(O)[C@@H](O)C1O)OC(=O)CCCCCCCCC/C=C\CCCCCCCC. The summed E-state index contributed by atoms with van der Waals surface area (Å²) in [4.78, 5) is 35.7. The van der Waals surface area contributed by atoms with Crippen LogP contribution in [0.15, 0.2) is 60.8 Å². The number of hydrogen-bond donors (Lipinski definition) is 6. The van der Waals surface area contributed by atoms with Crippen LogP contribution >= 0.6 is 7.82 Å². The van der Waals surface area contributed by atoms with Crippen molar-refractivity contribution in [2.45, 2.75) is 224 Å². The number of hydrogen-bond acceptors (Lipinski definition) is 12. The van der Waals surface area contributed by atoms with Crippen LogP contribution in [-0.2, 0) is 32.7 Å². The van der Waals surface area contributed by atoms with E-state index in [0.717, 1.165) is 64.2 Å². The fourth-order valence-corrected chi connectivity index (χ4v) is 7.89. The van der Waals surface area contributed by atoms with E-state index in [1.165, 1.54) is 70.6 Å². The van der Waals surface area contributed by atoms with E-state index in [-0.39, 0.29) is 12.8 Å². The lowest BCUT2D eigenvalue weighted by Gasteiger charge is -2.41. The molecule has 13 nitrogen and oxygen atoms in total. The molecule has 364 valence electrons. The highest BCUT2D eigenvalue weighted by Crippen LogP contribution is 2.47. The number of carbonyl (C=O) groups excluding carboxylic acids is 2. The van der Waals surface area contributed by atoms with Crippen molar-refractivity contribution in [3.63, 3.8) is 0 Å². The van der Waals surface area contributed by atoms with Crippen LogP contribution < -0.4 is 0 Å². The van der Waals surface area contributed by atoms with E-state index in [9.17, 15) is 44.6 Å². The summed E-state index contributed by atoms with van der Waals surface area (Å²) in [5, 5.41) is 50.2. The molecule has 1 rings (SSSR count). The van der Waals surface area contributed by atoms with Gasteiger partial charge in [0.25, 0.3) is 0 Å². The summed E-state index contributed by atoms with van der Waals surface area (Å²) < 4.78 is 33.5. The normalized spacial score (nSPS) is 22.2. The maximum Gasteiger partial charge on any atom is 0.472 e. The van der Waals surface area contributed by atoms with Gasteiger partial charge in [0.1, 0.15) is 43.2 Å². The zero-order chi connectivity index (χ0) is 46.4. The molecule has 0 amide bonds. The molecule has 0 heterocycles. The van der Waals surface area contributed by atoms with Gasteiger partial charge < -0.3 is 39.9 Å². The molecule has 0 aromatic carbocycles. The summed E-state index contributed by atoms with van der Waals surface area (Å²) in [6.45, 7) is 3.22. The Morgan fingerprint density at radius 2 is 0.873 bits per heavy atom. The second-order valence-corrected chi connectivity index (χ2v) is 18.0. The molecular weight excluding hydrogens is 827 g/mol. The minimum absolute atomic E-state index is 0.0781. The van der Waals surface area contributed by atoms with Gasteiger partial charge in [0.05, 0.1) is 6.61 Å². The number of rotatable bonds is 39. The summed E-state index contributed by atoms with van der Waals surface area (Å²) >= 11 is 0. The summed E-state index contributed by atoms with van der Waals surface area (Å²) in [6.07, 6.45) is 34.2. The Morgan fingerprint density at radius 3 is 1.40 bits per heavy atom. The minimum Gasteiger partial charge on any atom is -0.462 e. The van der Waals surface area contributed by atoms with Gasteiger partial charge in [-0.2, -0.15) is 0 Å². The van der Waals surface area contributed by atoms with Crippen molar-refractivity contribution in [2.75, 3.05) is 13.2 Å². The van der Waals surface area contributed by atoms with Crippen molar-refractivity contribution >= 4 is 19.8 Å². The monoisotopic (exact) mass is 913 g/mol. The Labute approximate surface area is 379 Å². The zero-order valence-electron chi connectivity index (χ0n) is 38.6. The quantitative estimate of drug-likeness (QED) is 0.0147. The second-order valence-electron chi connectivity index (χ2n) is 16.6. The number of phosphoric ester groups is 1. The Bertz CT molecular complexity index is 1330. The fourth-order valence-electron chi connectivity index (χ4n) is 6.92. The predicted molar refractivity (Wildman–Crippen MR) is 249 cm³/mol. The van der Waals surface area contributed by atoms with Gasteiger partial charge in [0, 0.05) is 12.8 Å². The van der Waals surface area contributed by atoms with E-state index < -0.39 is 75.7 Å². The molecule has 0 radical (unpaired) electrons. The average molecular weight is 913 g/mol. The smallest absolute Gasteiger partial charge is 0.462 e. The lowest BCUT2D eigenvalue weighted by molar-refractivity contribution is -0.220. The molecule has 6 unspecified atom stereocenters. The number of esters is 2. The Morgan fingerprint density at radius 1 is 0.492 bits per heavy atom. The van der Waals surface area contributed by atoms with E-state index in [1.54, 1.807) is 0 Å². The number of allylic oxidation sites excluding steroid dienone is 10. The molecule has 1 aliphatic rings. The number of ether oxygens (including phenoxy) is 2. The van der Waals surface area contributed by atoms with E-state index in [2.05, 4.69) is 62.5 Å². The van der Waals surface area contributed by atoms with Crippen molar-refractivity contribution in [3.8, 4) is 0 Å². The molecule has 1 aliphatic carbocycles. The molecule has 0 aliphatic heterocycles. The molecule has 14 heteroatoms. The molecule has 8 atom stereocenters. The molecule has 6 N–H and O–H groups in total. The van der Waals surface area contributed by atoms with Crippen molar-refractivity contribution in [2.24, 2.45) is 0 Å². The third kappa shape index (κ3) is 31.2. The van der Waals surface area contributed by atoms with E-state index in [0.29, 0.717) is 19.3 Å². The summed E-state index contributed by atoms with van der Waals surface area (Å²) in [5.41, 5.74) is 0. The van der Waals surface area contributed by atoms with E-state index in [4.69, 9.17) is 18.5 Å². The lowest BCUT2D eigenvalue weighted by Crippen LogP contribution is -2.64. The molecular formula is C49H85O13P. The first-order valence-corrected chi connectivity index (χ1v) is 25.6. The molecule has 0 saturated heterocycles. The van der Waals surface area contributed by atoms with Gasteiger partial charge in [0.15, 0.2) is 6.10 Å². The molecule has 1 saturated carbocycles. The predicted octanol–water partition coefficient (Wildman–Crippen LogP) is 9.73. The minimum atomic E-state index is -5.13. The van der Waals surface area contributed by atoms with Gasteiger partial charge in [0.2, 0.25) is 0 Å². The van der Waals surface area contributed by atoms with Gasteiger partial charge in [-0.05, 0) is 77.0 Å². The third-order valence-electron chi connectivity index (χ3n) is 10.8. The average Bonchev–Trinajstić information content (AvgIpc) is 3.26. The fraction of sp³-hybridized carbons (Fsp3) is 0.755. The van der Waals surface area contributed by atoms with Crippen LogP contribution in [0, 0.1) is 0 Å². The molecule has 63 heavy (non-hydrogen) atoms. The molecule has 0 aromatic rings. The molecule has 1 fully saturated rings. The first kappa shape index (κ1) is 58.6. The second kappa shape index (κ2) is 38.8. The van der Waals surface area contributed by atoms with Crippen LogP contribution in [-0.4, -0.2) is 98.3 Å². The number of phosphoric acid groups is 1. The van der Waals surface area contributed by atoms with Gasteiger partial charge in [-0.3, -0.25) is 18.6 Å². The molecule has 0 spiro atoms. The lowest BCUT2D eigenvalue weighted by atomic mass is 9.85. The van der Waals surface area contributed by atoms with Crippen LogP contribution in [0.3, 0.4) is 0 Å². The third-order valence-corrected chi connectivity index (χ3v) is 11.8. The van der Waals surface area contributed by atoms with Crippen molar-refractivity contribution in [1.29, 1.82) is 0 Å². The zero-order valence-corrected chi connectivity index (χ0v) is 39.5. The number of aliphatic hydroxyl groups is 5. The van der Waals surface area contributed by atoms with E-state index in [1.807, 2.05) is 12.2 Å². The Hall–Kier alpha value is -2.45. The maximum atomic E-state index is 12.8. The van der Waals surface area contributed by atoms with Gasteiger partial charge >= 0.3 is 19.8 Å². The van der Waals surface area contributed by atoms with Crippen LogP contribution in [0.2, 0.25) is 0 Å². The Balaban J connectivity index is 2.49. The van der Waals surface area contributed by atoms with Gasteiger partial charge in [-0.15, -0.1) is 0 Å². The summed E-state index contributed by atoms with van der Waals surface area (Å²) in [6, 6.07) is 0. The summed E-state index contributed by atoms with van der Waals surface area (Å²) in [5.74, 6) is -1.17. The van der Waals surface area contributed by atoms with Crippen molar-refractivity contribution in [3.05, 3.63) is 60.8 Å². The first-order valence-electron chi connectivity index (χ1n) is 24.1. The van der Waals surface area contributed by atoms with Crippen LogP contribution in [0.4, 0.5) is 0 Å². The van der Waals surface area contributed by atoms with Crippen molar-refractivity contribution < 1.29 is 63.1 Å². The van der Waals surface area contributed by atoms with Crippen LogP contribution in [0.1, 0.15) is 181 Å². The number of unbranched alkanes of at least 4 members (excludes halogenated alkanes) is 17. The molecule has 0 bridgehead atoms. The number of carbonyl (C=O) groups is 2. The maximum absolute atomic E-state index is 12.8. The first-order chi connectivity index (χ1) is 30.4. The highest BCUT2D eigenvalue weighted by atomic mass is 31.2. The number of aliphatic hydroxyl groups excluding tert-OH is 5. The van der Waals surface area contributed by atoms with Crippen LogP contribution in [0.5, 0.6) is 0 Å². The Kier molecular flexibility index (Phi) is 36.1. The van der Waals surface area contributed by atoms with Gasteiger partial charge in [-0.1, -0.05) is 152 Å². The van der Waals surface area contributed by atoms with Crippen molar-refractivity contribution in [1.82, 2.24) is 0 Å². The van der Waals surface area contributed by atoms with Gasteiger partial charge in [-0.25, -0.2) is 4.57 Å². The molecule has 0 aromatic heterocycles.